The molecule has 1 aliphatic rings. The fourth-order valence-electron chi connectivity index (χ4n) is 2.38. The van der Waals surface area contributed by atoms with Gasteiger partial charge in [0.15, 0.2) is 0 Å². The summed E-state index contributed by atoms with van der Waals surface area (Å²) in [7, 11) is 0. The smallest absolute Gasteiger partial charge is 0.224 e. The molecule has 22 heavy (non-hydrogen) atoms. The number of pyridine rings is 2. The van der Waals surface area contributed by atoms with Gasteiger partial charge in [-0.25, -0.2) is 4.98 Å². The molecule has 0 fully saturated rings. The van der Waals surface area contributed by atoms with Gasteiger partial charge in [-0.2, -0.15) is 4.98 Å². The number of hydrogen-bond donors (Lipinski definition) is 0. The SMILES string of the molecule is Cc1cnc(Cl)nc1N1c2ccncc2Sc2ccncc21. The van der Waals surface area contributed by atoms with Crippen LogP contribution in [0.1, 0.15) is 5.56 Å². The van der Waals surface area contributed by atoms with E-state index in [9.17, 15) is 0 Å². The molecular weight excluding hydrogens is 318 g/mol. The van der Waals surface area contributed by atoms with Crippen LogP contribution in [0, 0.1) is 6.92 Å². The average Bonchev–Trinajstić information content (AvgIpc) is 2.55. The highest BCUT2D eigenvalue weighted by Gasteiger charge is 2.27. The lowest BCUT2D eigenvalue weighted by Crippen LogP contribution is -2.18. The summed E-state index contributed by atoms with van der Waals surface area (Å²) >= 11 is 7.68. The summed E-state index contributed by atoms with van der Waals surface area (Å²) in [5, 5.41) is 0.222. The van der Waals surface area contributed by atoms with E-state index in [0.29, 0.717) is 0 Å². The lowest BCUT2D eigenvalue weighted by atomic mass is 10.2. The standard InChI is InChI=1S/C15H10ClN5S/c1-9-6-19-15(16)20-14(9)21-10-2-4-18-8-13(10)22-12-3-5-17-7-11(12)21/h2-8H,1H3. The molecule has 5 nitrogen and oxygen atoms in total. The Morgan fingerprint density at radius 3 is 2.73 bits per heavy atom. The van der Waals surface area contributed by atoms with Crippen molar-refractivity contribution < 1.29 is 0 Å². The first-order chi connectivity index (χ1) is 10.7. The molecule has 7 heteroatoms. The van der Waals surface area contributed by atoms with Gasteiger partial charge in [-0.3, -0.25) is 14.9 Å². The van der Waals surface area contributed by atoms with Crippen molar-refractivity contribution in [3.63, 3.8) is 0 Å². The van der Waals surface area contributed by atoms with Gasteiger partial charge < -0.3 is 0 Å². The maximum Gasteiger partial charge on any atom is 0.224 e. The van der Waals surface area contributed by atoms with Gasteiger partial charge in [-0.05, 0) is 30.7 Å². The number of anilines is 3. The average molecular weight is 328 g/mol. The second-order valence-electron chi connectivity index (χ2n) is 4.77. The Morgan fingerprint density at radius 2 is 1.82 bits per heavy atom. The summed E-state index contributed by atoms with van der Waals surface area (Å²) < 4.78 is 0. The van der Waals surface area contributed by atoms with Crippen molar-refractivity contribution in [2.75, 3.05) is 4.90 Å². The third kappa shape index (κ3) is 2.12. The van der Waals surface area contributed by atoms with Crippen LogP contribution in [0.3, 0.4) is 0 Å². The Morgan fingerprint density at radius 1 is 1.00 bits per heavy atom. The summed E-state index contributed by atoms with van der Waals surface area (Å²) in [6, 6.07) is 3.95. The molecule has 108 valence electrons. The molecule has 4 rings (SSSR count). The largest absolute Gasteiger partial charge is 0.291 e. The zero-order valence-corrected chi connectivity index (χ0v) is 13.1. The highest BCUT2D eigenvalue weighted by molar-refractivity contribution is 7.99. The normalized spacial score (nSPS) is 12.7. The Labute approximate surface area is 136 Å². The number of nitrogens with zero attached hydrogens (tertiary/aromatic N) is 5. The van der Waals surface area contributed by atoms with Gasteiger partial charge >= 0.3 is 0 Å². The van der Waals surface area contributed by atoms with Crippen molar-refractivity contribution >= 4 is 40.6 Å². The Balaban J connectivity index is 2.01. The van der Waals surface area contributed by atoms with Crippen molar-refractivity contribution in [2.24, 2.45) is 0 Å². The first-order valence-corrected chi connectivity index (χ1v) is 7.78. The van der Waals surface area contributed by atoms with Crippen LogP contribution in [0.5, 0.6) is 0 Å². The van der Waals surface area contributed by atoms with Crippen molar-refractivity contribution in [1.82, 2.24) is 19.9 Å². The first kappa shape index (κ1) is 13.5. The quantitative estimate of drug-likeness (QED) is 0.489. The molecule has 4 heterocycles. The number of halogens is 1. The summed E-state index contributed by atoms with van der Waals surface area (Å²) in [6.45, 7) is 1.96. The van der Waals surface area contributed by atoms with Gasteiger partial charge in [0.1, 0.15) is 5.82 Å². The Hall–Kier alpha value is -2.18. The van der Waals surface area contributed by atoms with E-state index < -0.39 is 0 Å². The fraction of sp³-hybridized carbons (Fsp3) is 0.0667. The summed E-state index contributed by atoms with van der Waals surface area (Å²) in [5.41, 5.74) is 2.93. The molecule has 0 saturated carbocycles. The van der Waals surface area contributed by atoms with E-state index in [1.807, 2.05) is 31.5 Å². The molecule has 0 N–H and O–H groups in total. The van der Waals surface area contributed by atoms with Crippen molar-refractivity contribution in [1.29, 1.82) is 0 Å². The number of fused-ring (bicyclic) bond motifs is 2. The van der Waals surface area contributed by atoms with Crippen LogP contribution < -0.4 is 4.90 Å². The molecule has 3 aromatic rings. The molecule has 3 aromatic heterocycles. The van der Waals surface area contributed by atoms with E-state index in [4.69, 9.17) is 11.6 Å². The molecular formula is C15H10ClN5S. The van der Waals surface area contributed by atoms with Gasteiger partial charge in [-0.15, -0.1) is 0 Å². The van der Waals surface area contributed by atoms with Crippen LogP contribution in [0.25, 0.3) is 0 Å². The maximum atomic E-state index is 6.01. The van der Waals surface area contributed by atoms with Crippen molar-refractivity contribution in [2.45, 2.75) is 16.7 Å². The maximum absolute atomic E-state index is 6.01. The van der Waals surface area contributed by atoms with E-state index >= 15 is 0 Å². The summed E-state index contributed by atoms with van der Waals surface area (Å²) in [4.78, 5) is 21.1. The highest BCUT2D eigenvalue weighted by Crippen LogP contribution is 2.50. The predicted molar refractivity (Wildman–Crippen MR) is 86.2 cm³/mol. The zero-order chi connectivity index (χ0) is 15.1. The fourth-order valence-corrected chi connectivity index (χ4v) is 3.50. The van der Waals surface area contributed by atoms with E-state index in [2.05, 4.69) is 24.8 Å². The molecule has 0 aliphatic carbocycles. The number of hydrogen-bond acceptors (Lipinski definition) is 6. The Bertz CT molecular complexity index is 825. The summed E-state index contributed by atoms with van der Waals surface area (Å²) in [6.07, 6.45) is 8.97. The van der Waals surface area contributed by atoms with Gasteiger partial charge in [0, 0.05) is 35.2 Å². The van der Waals surface area contributed by atoms with Crippen LogP contribution in [0.15, 0.2) is 52.9 Å². The van der Waals surface area contributed by atoms with Crippen LogP contribution in [-0.2, 0) is 0 Å². The highest BCUT2D eigenvalue weighted by atomic mass is 35.5. The van der Waals surface area contributed by atoms with Gasteiger partial charge in [0.05, 0.1) is 22.5 Å². The molecule has 0 unspecified atom stereocenters. The minimum absolute atomic E-state index is 0.222. The number of aromatic nitrogens is 4. The first-order valence-electron chi connectivity index (χ1n) is 6.59. The molecule has 0 bridgehead atoms. The summed E-state index contributed by atoms with van der Waals surface area (Å²) in [5.74, 6) is 0.752. The van der Waals surface area contributed by atoms with Crippen LogP contribution in [-0.4, -0.2) is 19.9 Å². The molecule has 0 aromatic carbocycles. The minimum atomic E-state index is 0.222. The molecule has 0 atom stereocenters. The second kappa shape index (κ2) is 5.23. The van der Waals surface area contributed by atoms with Crippen molar-refractivity contribution in [3.05, 3.63) is 54.0 Å². The lowest BCUT2D eigenvalue weighted by Gasteiger charge is -2.31. The molecule has 1 aliphatic heterocycles. The monoisotopic (exact) mass is 327 g/mol. The zero-order valence-electron chi connectivity index (χ0n) is 11.6. The van der Waals surface area contributed by atoms with Gasteiger partial charge in [-0.1, -0.05) is 11.8 Å². The van der Waals surface area contributed by atoms with Gasteiger partial charge in [0.25, 0.3) is 0 Å². The Kier molecular flexibility index (Phi) is 3.20. The van der Waals surface area contributed by atoms with E-state index in [1.165, 1.54) is 0 Å². The third-order valence-corrected chi connectivity index (χ3v) is 4.63. The molecule has 0 spiro atoms. The van der Waals surface area contributed by atoms with Crippen LogP contribution in [0.4, 0.5) is 17.2 Å². The van der Waals surface area contributed by atoms with Gasteiger partial charge in [0.2, 0.25) is 5.28 Å². The molecule has 0 saturated heterocycles. The number of rotatable bonds is 1. The molecule has 0 amide bonds. The predicted octanol–water partition coefficient (Wildman–Crippen LogP) is 4.16. The lowest BCUT2D eigenvalue weighted by molar-refractivity contribution is 1.03. The number of aryl methyl sites for hydroxylation is 1. The van der Waals surface area contributed by atoms with E-state index in [-0.39, 0.29) is 5.28 Å². The molecule has 0 radical (unpaired) electrons. The second-order valence-corrected chi connectivity index (χ2v) is 6.19. The van der Waals surface area contributed by atoms with Crippen LogP contribution in [0.2, 0.25) is 5.28 Å². The van der Waals surface area contributed by atoms with Crippen molar-refractivity contribution in [3.8, 4) is 0 Å². The topological polar surface area (TPSA) is 54.8 Å². The minimum Gasteiger partial charge on any atom is -0.291 e. The van der Waals surface area contributed by atoms with E-state index in [1.54, 1.807) is 30.4 Å². The third-order valence-electron chi connectivity index (χ3n) is 3.35. The van der Waals surface area contributed by atoms with E-state index in [0.717, 1.165) is 32.5 Å². The van der Waals surface area contributed by atoms with Crippen LogP contribution >= 0.6 is 23.4 Å².